The molecular weight excluding hydrogens is 193 g/mol. The fraction of sp³-hybridized carbons (Fsp3) is 0.333. The van der Waals surface area contributed by atoms with E-state index in [1.165, 1.54) is 12.1 Å². The lowest BCUT2D eigenvalue weighted by atomic mass is 10.2. The number of rotatable bonds is 6. The first-order valence-electron chi connectivity index (χ1n) is 4.92. The van der Waals surface area contributed by atoms with Gasteiger partial charge in [-0.05, 0) is 19.0 Å². The lowest BCUT2D eigenvalue weighted by Gasteiger charge is -2.09. The van der Waals surface area contributed by atoms with Gasteiger partial charge in [-0.25, -0.2) is 4.39 Å². The highest BCUT2D eigenvalue weighted by Gasteiger charge is 2.03. The molecule has 0 saturated carbocycles. The Labute approximate surface area is 89.8 Å². The van der Waals surface area contributed by atoms with Crippen LogP contribution < -0.4 is 10.1 Å². The zero-order chi connectivity index (χ0) is 11.1. The summed E-state index contributed by atoms with van der Waals surface area (Å²) >= 11 is 0. The van der Waals surface area contributed by atoms with E-state index < -0.39 is 0 Å². The van der Waals surface area contributed by atoms with Crippen molar-refractivity contribution in [3.8, 4) is 5.75 Å². The van der Waals surface area contributed by atoms with Gasteiger partial charge < -0.3 is 10.1 Å². The summed E-state index contributed by atoms with van der Waals surface area (Å²) in [5.41, 5.74) is 0.961. The Kier molecular flexibility index (Phi) is 4.84. The molecule has 1 aromatic carbocycles. The Bertz CT molecular complexity index is 325. The van der Waals surface area contributed by atoms with Crippen molar-refractivity contribution in [1.82, 2.24) is 5.32 Å². The minimum absolute atomic E-state index is 0.276. The van der Waals surface area contributed by atoms with Gasteiger partial charge in [-0.15, -0.1) is 6.58 Å². The maximum Gasteiger partial charge on any atom is 0.126 e. The van der Waals surface area contributed by atoms with E-state index in [9.17, 15) is 4.39 Å². The predicted molar refractivity (Wildman–Crippen MR) is 59.5 cm³/mol. The average Bonchev–Trinajstić information content (AvgIpc) is 2.26. The summed E-state index contributed by atoms with van der Waals surface area (Å²) in [6, 6.07) is 4.56. The van der Waals surface area contributed by atoms with Crippen LogP contribution in [0.15, 0.2) is 30.9 Å². The van der Waals surface area contributed by atoms with Crippen LogP contribution in [0.3, 0.4) is 0 Å². The van der Waals surface area contributed by atoms with Gasteiger partial charge in [-0.3, -0.25) is 0 Å². The second-order valence-corrected chi connectivity index (χ2v) is 3.21. The summed E-state index contributed by atoms with van der Waals surface area (Å²) in [6.07, 6.45) is 2.78. The molecular formula is C12H16FNO. The molecule has 2 nitrogen and oxygen atoms in total. The van der Waals surface area contributed by atoms with E-state index in [0.717, 1.165) is 18.5 Å². The van der Waals surface area contributed by atoms with Crippen molar-refractivity contribution >= 4 is 0 Å². The largest absolute Gasteiger partial charge is 0.496 e. The van der Waals surface area contributed by atoms with Crippen LogP contribution in [0, 0.1) is 5.82 Å². The summed E-state index contributed by atoms with van der Waals surface area (Å²) in [5, 5.41) is 3.22. The Hall–Kier alpha value is -1.35. The molecule has 0 amide bonds. The Morgan fingerprint density at radius 2 is 2.33 bits per heavy atom. The van der Waals surface area contributed by atoms with Crippen LogP contribution >= 0.6 is 0 Å². The Balaban J connectivity index is 2.55. The van der Waals surface area contributed by atoms with Crippen LogP contribution in [-0.2, 0) is 6.54 Å². The van der Waals surface area contributed by atoms with Gasteiger partial charge in [-0.2, -0.15) is 0 Å². The van der Waals surface area contributed by atoms with E-state index in [0.29, 0.717) is 12.3 Å². The number of hydrogen-bond acceptors (Lipinski definition) is 2. The van der Waals surface area contributed by atoms with Crippen molar-refractivity contribution in [2.24, 2.45) is 0 Å². The molecule has 0 atom stereocenters. The van der Waals surface area contributed by atoms with Gasteiger partial charge in [0.15, 0.2) is 0 Å². The molecule has 0 radical (unpaired) electrons. The first kappa shape index (κ1) is 11.7. The molecule has 0 aliphatic rings. The van der Waals surface area contributed by atoms with Gasteiger partial charge in [0.05, 0.1) is 7.11 Å². The van der Waals surface area contributed by atoms with E-state index in [2.05, 4.69) is 11.9 Å². The topological polar surface area (TPSA) is 21.3 Å². The molecule has 0 fully saturated rings. The summed E-state index contributed by atoms with van der Waals surface area (Å²) in [4.78, 5) is 0. The third kappa shape index (κ3) is 3.72. The van der Waals surface area contributed by atoms with Crippen LogP contribution in [0.1, 0.15) is 12.0 Å². The van der Waals surface area contributed by atoms with Gasteiger partial charge >= 0.3 is 0 Å². The van der Waals surface area contributed by atoms with Gasteiger partial charge in [0.25, 0.3) is 0 Å². The normalized spacial score (nSPS) is 10.0. The van der Waals surface area contributed by atoms with Crippen molar-refractivity contribution in [1.29, 1.82) is 0 Å². The fourth-order valence-corrected chi connectivity index (χ4v) is 1.29. The molecule has 1 N–H and O–H groups in total. The maximum atomic E-state index is 12.9. The van der Waals surface area contributed by atoms with E-state index >= 15 is 0 Å². The SMILES string of the molecule is C=CCCNCc1ccc(F)cc1OC. The fourth-order valence-electron chi connectivity index (χ4n) is 1.29. The molecule has 82 valence electrons. The molecule has 0 aliphatic carbocycles. The molecule has 0 aliphatic heterocycles. The van der Waals surface area contributed by atoms with Crippen LogP contribution in [0.5, 0.6) is 5.75 Å². The summed E-state index contributed by atoms with van der Waals surface area (Å²) in [7, 11) is 1.54. The van der Waals surface area contributed by atoms with Crippen LogP contribution in [0.2, 0.25) is 0 Å². The number of halogens is 1. The van der Waals surface area contributed by atoms with E-state index in [1.54, 1.807) is 13.2 Å². The highest BCUT2D eigenvalue weighted by atomic mass is 19.1. The second kappa shape index (κ2) is 6.19. The van der Waals surface area contributed by atoms with Crippen molar-refractivity contribution in [3.05, 3.63) is 42.2 Å². The molecule has 0 spiro atoms. The van der Waals surface area contributed by atoms with Crippen molar-refractivity contribution in [2.75, 3.05) is 13.7 Å². The zero-order valence-electron chi connectivity index (χ0n) is 8.92. The Morgan fingerprint density at radius 1 is 1.53 bits per heavy atom. The van der Waals surface area contributed by atoms with Gasteiger partial charge in [0, 0.05) is 18.2 Å². The molecule has 0 heterocycles. The molecule has 3 heteroatoms. The minimum atomic E-state index is -0.276. The van der Waals surface area contributed by atoms with E-state index in [-0.39, 0.29) is 5.82 Å². The summed E-state index contributed by atoms with van der Waals surface area (Å²) in [5.74, 6) is 0.308. The van der Waals surface area contributed by atoms with Crippen molar-refractivity contribution < 1.29 is 9.13 Å². The van der Waals surface area contributed by atoms with Gasteiger partial charge in [0.1, 0.15) is 11.6 Å². The third-order valence-corrected chi connectivity index (χ3v) is 2.09. The van der Waals surface area contributed by atoms with Crippen LogP contribution in [-0.4, -0.2) is 13.7 Å². The van der Waals surface area contributed by atoms with Crippen LogP contribution in [0.25, 0.3) is 0 Å². The second-order valence-electron chi connectivity index (χ2n) is 3.21. The van der Waals surface area contributed by atoms with Crippen molar-refractivity contribution in [2.45, 2.75) is 13.0 Å². The highest BCUT2D eigenvalue weighted by Crippen LogP contribution is 2.18. The number of methoxy groups -OCH3 is 1. The third-order valence-electron chi connectivity index (χ3n) is 2.09. The highest BCUT2D eigenvalue weighted by molar-refractivity contribution is 5.33. The lowest BCUT2D eigenvalue weighted by molar-refractivity contribution is 0.404. The van der Waals surface area contributed by atoms with Crippen LogP contribution in [0.4, 0.5) is 4.39 Å². The lowest BCUT2D eigenvalue weighted by Crippen LogP contribution is -2.14. The summed E-state index contributed by atoms with van der Waals surface area (Å²) in [6.45, 7) is 5.18. The molecule has 0 aromatic heterocycles. The number of hydrogen-bond donors (Lipinski definition) is 1. The number of ether oxygens (including phenoxy) is 1. The van der Waals surface area contributed by atoms with Crippen molar-refractivity contribution in [3.63, 3.8) is 0 Å². The first-order chi connectivity index (χ1) is 7.27. The zero-order valence-corrected chi connectivity index (χ0v) is 8.92. The minimum Gasteiger partial charge on any atom is -0.496 e. The average molecular weight is 209 g/mol. The quantitative estimate of drug-likeness (QED) is 0.574. The maximum absolute atomic E-state index is 12.9. The standard InChI is InChI=1S/C12H16FNO/c1-3-4-7-14-9-10-5-6-11(13)8-12(10)15-2/h3,5-6,8,14H,1,4,7,9H2,2H3. The summed E-state index contributed by atoms with van der Waals surface area (Å²) < 4.78 is 17.9. The smallest absolute Gasteiger partial charge is 0.126 e. The molecule has 0 bridgehead atoms. The molecule has 1 rings (SSSR count). The van der Waals surface area contributed by atoms with Gasteiger partial charge in [-0.1, -0.05) is 12.1 Å². The predicted octanol–water partition coefficient (Wildman–Crippen LogP) is 2.50. The van der Waals surface area contributed by atoms with Gasteiger partial charge in [0.2, 0.25) is 0 Å². The molecule has 15 heavy (non-hydrogen) atoms. The monoisotopic (exact) mass is 209 g/mol. The molecule has 0 unspecified atom stereocenters. The van der Waals surface area contributed by atoms with E-state index in [1.807, 2.05) is 6.08 Å². The first-order valence-corrected chi connectivity index (χ1v) is 4.92. The Morgan fingerprint density at radius 3 is 3.00 bits per heavy atom. The van der Waals surface area contributed by atoms with E-state index in [4.69, 9.17) is 4.74 Å². The molecule has 1 aromatic rings. The number of nitrogens with one attached hydrogen (secondary N) is 1. The number of benzene rings is 1. The molecule has 0 saturated heterocycles.